The van der Waals surface area contributed by atoms with Crippen LogP contribution in [0.5, 0.6) is 5.75 Å². The number of aromatic hydroxyl groups is 1. The molecule has 1 saturated carbocycles. The summed E-state index contributed by atoms with van der Waals surface area (Å²) in [6.45, 7) is 0. The standard InChI is InChI=1S/C10H9NO5/c12-9-2-1-5(3-8(9)11(15)16)6-4-7(6)10(13)14/h1-3,6-7,12H,4H2,(H,13,14). The lowest BCUT2D eigenvalue weighted by molar-refractivity contribution is -0.385. The van der Waals surface area contributed by atoms with E-state index in [1.807, 2.05) is 0 Å². The zero-order valence-electron chi connectivity index (χ0n) is 8.16. The van der Waals surface area contributed by atoms with Crippen molar-refractivity contribution in [2.75, 3.05) is 0 Å². The molecule has 0 amide bonds. The topological polar surface area (TPSA) is 101 Å². The lowest BCUT2D eigenvalue weighted by atomic mass is 10.1. The predicted octanol–water partition coefficient (Wildman–Crippen LogP) is 1.49. The number of hydrogen-bond donors (Lipinski definition) is 2. The van der Waals surface area contributed by atoms with Crippen LogP contribution in [0.2, 0.25) is 0 Å². The van der Waals surface area contributed by atoms with Crippen LogP contribution >= 0.6 is 0 Å². The van der Waals surface area contributed by atoms with Crippen molar-refractivity contribution in [3.8, 4) is 5.75 Å². The molecule has 0 heterocycles. The van der Waals surface area contributed by atoms with E-state index >= 15 is 0 Å². The van der Waals surface area contributed by atoms with Gasteiger partial charge in [-0.05, 0) is 24.0 Å². The van der Waals surface area contributed by atoms with Gasteiger partial charge in [0.05, 0.1) is 10.8 Å². The number of nitrogens with zero attached hydrogens (tertiary/aromatic N) is 1. The van der Waals surface area contributed by atoms with Crippen molar-refractivity contribution in [1.82, 2.24) is 0 Å². The zero-order valence-corrected chi connectivity index (χ0v) is 8.16. The average molecular weight is 223 g/mol. The Morgan fingerprint density at radius 3 is 2.69 bits per heavy atom. The highest BCUT2D eigenvalue weighted by Crippen LogP contribution is 2.48. The Morgan fingerprint density at radius 1 is 1.50 bits per heavy atom. The molecular weight excluding hydrogens is 214 g/mol. The number of carboxylic acids is 1. The van der Waals surface area contributed by atoms with Crippen LogP contribution in [0.25, 0.3) is 0 Å². The first-order chi connectivity index (χ1) is 7.50. The molecule has 0 saturated heterocycles. The lowest BCUT2D eigenvalue weighted by Gasteiger charge is -2.00. The number of phenols is 1. The summed E-state index contributed by atoms with van der Waals surface area (Å²) in [7, 11) is 0. The minimum Gasteiger partial charge on any atom is -0.502 e. The van der Waals surface area contributed by atoms with Gasteiger partial charge in [0.15, 0.2) is 5.75 Å². The number of phenolic OH excluding ortho intramolecular Hbond substituents is 1. The summed E-state index contributed by atoms with van der Waals surface area (Å²) in [6.07, 6.45) is 0.497. The van der Waals surface area contributed by atoms with E-state index in [1.54, 1.807) is 0 Å². The van der Waals surface area contributed by atoms with Crippen LogP contribution in [0, 0.1) is 16.0 Å². The molecule has 1 fully saturated rings. The molecule has 0 spiro atoms. The molecule has 0 bridgehead atoms. The highest BCUT2D eigenvalue weighted by atomic mass is 16.6. The SMILES string of the molecule is O=C(O)C1CC1c1ccc(O)c([N+](=O)[O-])c1. The molecule has 1 aliphatic carbocycles. The first-order valence-corrected chi connectivity index (χ1v) is 4.71. The van der Waals surface area contributed by atoms with E-state index in [2.05, 4.69) is 0 Å². The third-order valence-corrected chi connectivity index (χ3v) is 2.73. The molecule has 2 N–H and O–H groups in total. The van der Waals surface area contributed by atoms with Crippen LogP contribution in [-0.2, 0) is 4.79 Å². The maximum absolute atomic E-state index is 10.6. The zero-order chi connectivity index (χ0) is 11.9. The third-order valence-electron chi connectivity index (χ3n) is 2.73. The second-order valence-corrected chi connectivity index (χ2v) is 3.79. The third kappa shape index (κ3) is 1.69. The molecule has 2 unspecified atom stereocenters. The van der Waals surface area contributed by atoms with Gasteiger partial charge in [0.1, 0.15) is 0 Å². The van der Waals surface area contributed by atoms with Gasteiger partial charge in [0.25, 0.3) is 0 Å². The van der Waals surface area contributed by atoms with Gasteiger partial charge in [-0.25, -0.2) is 0 Å². The summed E-state index contributed by atoms with van der Waals surface area (Å²) in [5.74, 6) is -1.91. The van der Waals surface area contributed by atoms with Gasteiger partial charge in [-0.1, -0.05) is 6.07 Å². The maximum Gasteiger partial charge on any atom is 0.310 e. The maximum atomic E-state index is 10.6. The number of benzene rings is 1. The normalized spacial score (nSPS) is 22.8. The molecule has 0 radical (unpaired) electrons. The fourth-order valence-electron chi connectivity index (χ4n) is 1.75. The average Bonchev–Trinajstić information content (AvgIpc) is 2.97. The summed E-state index contributed by atoms with van der Waals surface area (Å²) in [4.78, 5) is 20.5. The van der Waals surface area contributed by atoms with Crippen molar-refractivity contribution in [1.29, 1.82) is 0 Å². The van der Waals surface area contributed by atoms with Crippen LogP contribution in [0.3, 0.4) is 0 Å². The molecular formula is C10H9NO5. The van der Waals surface area contributed by atoms with Crippen LogP contribution in [0.1, 0.15) is 17.9 Å². The van der Waals surface area contributed by atoms with E-state index in [1.165, 1.54) is 18.2 Å². The number of nitro benzene ring substituents is 1. The first-order valence-electron chi connectivity index (χ1n) is 4.71. The molecule has 2 rings (SSSR count). The van der Waals surface area contributed by atoms with Crippen molar-refractivity contribution >= 4 is 11.7 Å². The number of hydrogen-bond acceptors (Lipinski definition) is 4. The molecule has 2 atom stereocenters. The van der Waals surface area contributed by atoms with E-state index in [0.717, 1.165) is 0 Å². The van der Waals surface area contributed by atoms with Gasteiger partial charge in [-0.2, -0.15) is 0 Å². The number of aliphatic carboxylic acids is 1. The predicted molar refractivity (Wildman–Crippen MR) is 53.2 cm³/mol. The van der Waals surface area contributed by atoms with Gasteiger partial charge in [0.2, 0.25) is 0 Å². The molecule has 16 heavy (non-hydrogen) atoms. The van der Waals surface area contributed by atoms with Gasteiger partial charge in [-0.3, -0.25) is 14.9 Å². The second kappa shape index (κ2) is 3.48. The molecule has 0 aromatic heterocycles. The quantitative estimate of drug-likeness (QED) is 0.597. The fourth-order valence-corrected chi connectivity index (χ4v) is 1.75. The van der Waals surface area contributed by atoms with Gasteiger partial charge in [-0.15, -0.1) is 0 Å². The minimum absolute atomic E-state index is 0.170. The van der Waals surface area contributed by atoms with E-state index < -0.39 is 22.6 Å². The Balaban J connectivity index is 2.28. The molecule has 84 valence electrons. The molecule has 1 aromatic carbocycles. The van der Waals surface area contributed by atoms with Crippen molar-refractivity contribution in [2.45, 2.75) is 12.3 Å². The summed E-state index contributed by atoms with van der Waals surface area (Å²) >= 11 is 0. The van der Waals surface area contributed by atoms with E-state index in [0.29, 0.717) is 12.0 Å². The fraction of sp³-hybridized carbons (Fsp3) is 0.300. The van der Waals surface area contributed by atoms with Gasteiger partial charge >= 0.3 is 11.7 Å². The molecule has 6 heteroatoms. The second-order valence-electron chi connectivity index (χ2n) is 3.79. The van der Waals surface area contributed by atoms with Crippen LogP contribution in [0.4, 0.5) is 5.69 Å². The number of carbonyl (C=O) groups is 1. The van der Waals surface area contributed by atoms with Crippen LogP contribution in [0.15, 0.2) is 18.2 Å². The van der Waals surface area contributed by atoms with Crippen molar-refractivity contribution in [2.24, 2.45) is 5.92 Å². The van der Waals surface area contributed by atoms with Crippen molar-refractivity contribution in [3.63, 3.8) is 0 Å². The summed E-state index contributed by atoms with van der Waals surface area (Å²) in [5.41, 5.74) is 0.213. The summed E-state index contributed by atoms with van der Waals surface area (Å²) in [6, 6.07) is 3.99. The lowest BCUT2D eigenvalue weighted by Crippen LogP contribution is -1.99. The Morgan fingerprint density at radius 2 is 2.19 bits per heavy atom. The molecule has 0 aliphatic heterocycles. The largest absolute Gasteiger partial charge is 0.502 e. The summed E-state index contributed by atoms with van der Waals surface area (Å²) in [5, 5.41) is 28.5. The van der Waals surface area contributed by atoms with Crippen LogP contribution < -0.4 is 0 Å². The van der Waals surface area contributed by atoms with Crippen molar-refractivity contribution in [3.05, 3.63) is 33.9 Å². The van der Waals surface area contributed by atoms with Crippen molar-refractivity contribution < 1.29 is 19.9 Å². The van der Waals surface area contributed by atoms with E-state index in [4.69, 9.17) is 5.11 Å². The Kier molecular flexibility index (Phi) is 2.26. The first kappa shape index (κ1) is 10.4. The molecule has 1 aliphatic rings. The highest BCUT2D eigenvalue weighted by molar-refractivity contribution is 5.75. The monoisotopic (exact) mass is 223 g/mol. The number of nitro groups is 1. The van der Waals surface area contributed by atoms with Crippen LogP contribution in [-0.4, -0.2) is 21.1 Å². The number of carboxylic acid groups (broad SMARTS) is 1. The molecule has 1 aromatic rings. The Hall–Kier alpha value is -2.11. The Labute approximate surface area is 90.3 Å². The van der Waals surface area contributed by atoms with Gasteiger partial charge < -0.3 is 10.2 Å². The van der Waals surface area contributed by atoms with Gasteiger partial charge in [0, 0.05) is 6.07 Å². The summed E-state index contributed by atoms with van der Waals surface area (Å²) < 4.78 is 0. The highest BCUT2D eigenvalue weighted by Gasteiger charge is 2.44. The molecule has 6 nitrogen and oxygen atoms in total. The van der Waals surface area contributed by atoms with E-state index in [9.17, 15) is 20.0 Å². The number of rotatable bonds is 3. The minimum atomic E-state index is -0.888. The Bertz CT molecular complexity index is 470. The smallest absolute Gasteiger partial charge is 0.310 e. The van der Waals surface area contributed by atoms with E-state index in [-0.39, 0.29) is 11.6 Å².